The third-order valence-corrected chi connectivity index (χ3v) is 0.749. The van der Waals surface area contributed by atoms with Gasteiger partial charge in [0.25, 0.3) is 0 Å². The van der Waals surface area contributed by atoms with Gasteiger partial charge in [-0.2, -0.15) is 0 Å². The maximum atomic E-state index is 12.1. The van der Waals surface area contributed by atoms with E-state index in [4.69, 9.17) is 5.73 Å². The number of hydrogen-bond acceptors (Lipinski definition) is 3. The monoisotopic (exact) mass is 135 g/mol. The molecule has 1 atom stereocenters. The zero-order valence-corrected chi connectivity index (χ0v) is 5.26. The van der Waals surface area contributed by atoms with Gasteiger partial charge in [0.15, 0.2) is 0 Å². The number of carbonyl (C=O) groups is 1. The molecule has 0 saturated heterocycles. The highest BCUT2D eigenvalue weighted by Gasteiger charge is 2.14. The minimum atomic E-state index is -1.66. The topological polar surface area (TPSA) is 52.3 Å². The number of esters is 1. The van der Waals surface area contributed by atoms with Crippen molar-refractivity contribution in [3.63, 3.8) is 0 Å². The summed E-state index contributed by atoms with van der Waals surface area (Å²) in [6.07, 6.45) is -1.66. The second-order valence-electron chi connectivity index (χ2n) is 1.46. The molecule has 0 heterocycles. The van der Waals surface area contributed by atoms with Crippen molar-refractivity contribution in [2.75, 3.05) is 13.2 Å². The lowest BCUT2D eigenvalue weighted by molar-refractivity contribution is -0.148. The molecule has 54 valence electrons. The zero-order chi connectivity index (χ0) is 7.28. The number of rotatable bonds is 3. The van der Waals surface area contributed by atoms with E-state index in [1.807, 2.05) is 0 Å². The van der Waals surface area contributed by atoms with E-state index in [0.717, 1.165) is 0 Å². The van der Waals surface area contributed by atoms with Gasteiger partial charge in [-0.25, -0.2) is 9.18 Å². The normalized spacial score (nSPS) is 12.8. The maximum Gasteiger partial charge on any atom is 0.342 e. The lowest BCUT2D eigenvalue weighted by Crippen LogP contribution is -2.26. The van der Waals surface area contributed by atoms with Crippen LogP contribution in [0, 0.1) is 0 Å². The molecule has 0 bridgehead atoms. The Morgan fingerprint density at radius 2 is 2.44 bits per heavy atom. The van der Waals surface area contributed by atoms with Gasteiger partial charge in [0, 0.05) is 6.54 Å². The smallest absolute Gasteiger partial charge is 0.342 e. The van der Waals surface area contributed by atoms with Crippen molar-refractivity contribution in [2.24, 2.45) is 5.73 Å². The summed E-state index contributed by atoms with van der Waals surface area (Å²) in [6.45, 7) is 1.50. The molecule has 0 fully saturated rings. The fraction of sp³-hybridized carbons (Fsp3) is 0.800. The first kappa shape index (κ1) is 8.36. The quantitative estimate of drug-likeness (QED) is 0.547. The highest BCUT2D eigenvalue weighted by Crippen LogP contribution is 1.90. The van der Waals surface area contributed by atoms with Gasteiger partial charge in [0.2, 0.25) is 6.17 Å². The lowest BCUT2D eigenvalue weighted by Gasteiger charge is -2.02. The molecule has 2 N–H and O–H groups in total. The van der Waals surface area contributed by atoms with Gasteiger partial charge in [-0.1, -0.05) is 0 Å². The van der Waals surface area contributed by atoms with E-state index < -0.39 is 12.1 Å². The molecule has 0 spiro atoms. The largest absolute Gasteiger partial charge is 0.464 e. The first-order chi connectivity index (χ1) is 4.22. The Balaban J connectivity index is 3.46. The summed E-state index contributed by atoms with van der Waals surface area (Å²) in [5.41, 5.74) is 4.83. The van der Waals surface area contributed by atoms with E-state index in [2.05, 4.69) is 4.74 Å². The third-order valence-electron chi connectivity index (χ3n) is 0.749. The van der Waals surface area contributed by atoms with Crippen LogP contribution in [0.3, 0.4) is 0 Å². The van der Waals surface area contributed by atoms with Crippen LogP contribution in [0.4, 0.5) is 4.39 Å². The van der Waals surface area contributed by atoms with Gasteiger partial charge in [-0.3, -0.25) is 0 Å². The van der Waals surface area contributed by atoms with Crippen LogP contribution in [0.25, 0.3) is 0 Å². The van der Waals surface area contributed by atoms with Gasteiger partial charge in [0.1, 0.15) is 0 Å². The van der Waals surface area contributed by atoms with E-state index in [1.165, 1.54) is 0 Å². The second kappa shape index (κ2) is 4.26. The van der Waals surface area contributed by atoms with Crippen LogP contribution in [0.15, 0.2) is 0 Å². The molecule has 0 amide bonds. The summed E-state index contributed by atoms with van der Waals surface area (Å²) >= 11 is 0. The molecule has 0 aromatic rings. The van der Waals surface area contributed by atoms with Crippen molar-refractivity contribution in [3.05, 3.63) is 0 Å². The van der Waals surface area contributed by atoms with Crippen LogP contribution in [0.1, 0.15) is 6.92 Å². The molecule has 0 aliphatic heterocycles. The van der Waals surface area contributed by atoms with Crippen molar-refractivity contribution < 1.29 is 13.9 Å². The third kappa shape index (κ3) is 3.03. The van der Waals surface area contributed by atoms with Crippen molar-refractivity contribution in [3.8, 4) is 0 Å². The molecule has 1 unspecified atom stereocenters. The van der Waals surface area contributed by atoms with Crippen LogP contribution in [-0.2, 0) is 9.53 Å². The van der Waals surface area contributed by atoms with Gasteiger partial charge in [-0.15, -0.1) is 0 Å². The Bertz CT molecular complexity index is 97.0. The van der Waals surface area contributed by atoms with Gasteiger partial charge in [0.05, 0.1) is 6.61 Å². The fourth-order valence-electron chi connectivity index (χ4n) is 0.329. The predicted octanol–water partition coefficient (Wildman–Crippen LogP) is -0.154. The minimum absolute atomic E-state index is 0.194. The Hall–Kier alpha value is -0.640. The summed E-state index contributed by atoms with van der Waals surface area (Å²) in [5, 5.41) is 0. The summed E-state index contributed by atoms with van der Waals surface area (Å²) < 4.78 is 16.4. The molecule has 0 aromatic carbocycles. The summed E-state index contributed by atoms with van der Waals surface area (Å²) in [5.74, 6) is -0.875. The SMILES string of the molecule is CCOC(=O)C(F)CN. The van der Waals surface area contributed by atoms with Crippen molar-refractivity contribution >= 4 is 5.97 Å². The van der Waals surface area contributed by atoms with E-state index in [-0.39, 0.29) is 13.2 Å². The number of carbonyl (C=O) groups excluding carboxylic acids is 1. The standard InChI is InChI=1S/C5H10FNO2/c1-2-9-5(8)4(6)3-7/h4H,2-3,7H2,1H3. The van der Waals surface area contributed by atoms with Crippen LogP contribution >= 0.6 is 0 Å². The number of alkyl halides is 1. The first-order valence-electron chi connectivity index (χ1n) is 2.73. The molecule has 0 saturated carbocycles. The molecule has 4 heteroatoms. The lowest BCUT2D eigenvalue weighted by atomic mass is 10.4. The van der Waals surface area contributed by atoms with Crippen molar-refractivity contribution in [1.82, 2.24) is 0 Å². The van der Waals surface area contributed by atoms with Crippen molar-refractivity contribution in [2.45, 2.75) is 13.1 Å². The highest BCUT2D eigenvalue weighted by atomic mass is 19.1. The van der Waals surface area contributed by atoms with E-state index in [9.17, 15) is 9.18 Å². The molecule has 0 radical (unpaired) electrons. The van der Waals surface area contributed by atoms with E-state index >= 15 is 0 Å². The van der Waals surface area contributed by atoms with E-state index in [0.29, 0.717) is 0 Å². The van der Waals surface area contributed by atoms with Crippen LogP contribution in [-0.4, -0.2) is 25.3 Å². The average Bonchev–Trinajstić information content (AvgIpc) is 1.87. The maximum absolute atomic E-state index is 12.1. The minimum Gasteiger partial charge on any atom is -0.464 e. The molecule has 0 aromatic heterocycles. The predicted molar refractivity (Wildman–Crippen MR) is 30.6 cm³/mol. The summed E-state index contributed by atoms with van der Waals surface area (Å²) in [7, 11) is 0. The van der Waals surface area contributed by atoms with Crippen molar-refractivity contribution in [1.29, 1.82) is 0 Å². The molecular weight excluding hydrogens is 125 g/mol. The van der Waals surface area contributed by atoms with Gasteiger partial charge >= 0.3 is 5.97 Å². The Morgan fingerprint density at radius 1 is 1.89 bits per heavy atom. The molecule has 9 heavy (non-hydrogen) atoms. The van der Waals surface area contributed by atoms with Crippen LogP contribution in [0.2, 0.25) is 0 Å². The Labute approximate surface area is 53.0 Å². The summed E-state index contributed by atoms with van der Waals surface area (Å²) in [4.78, 5) is 10.3. The number of nitrogens with two attached hydrogens (primary N) is 1. The summed E-state index contributed by atoms with van der Waals surface area (Å²) in [6, 6.07) is 0. The second-order valence-corrected chi connectivity index (χ2v) is 1.46. The molecule has 3 nitrogen and oxygen atoms in total. The number of hydrogen-bond donors (Lipinski definition) is 1. The molecule has 0 rings (SSSR count). The molecule has 0 aliphatic carbocycles. The fourth-order valence-corrected chi connectivity index (χ4v) is 0.329. The zero-order valence-electron chi connectivity index (χ0n) is 5.26. The number of halogens is 1. The highest BCUT2D eigenvalue weighted by molar-refractivity contribution is 5.74. The Kier molecular flexibility index (Phi) is 3.96. The van der Waals surface area contributed by atoms with E-state index in [1.54, 1.807) is 6.92 Å². The number of ether oxygens (including phenoxy) is 1. The van der Waals surface area contributed by atoms with Crippen LogP contribution < -0.4 is 5.73 Å². The first-order valence-corrected chi connectivity index (χ1v) is 2.73. The van der Waals surface area contributed by atoms with Gasteiger partial charge in [-0.05, 0) is 6.92 Å². The Morgan fingerprint density at radius 3 is 2.78 bits per heavy atom. The molecule has 0 aliphatic rings. The van der Waals surface area contributed by atoms with Crippen LogP contribution in [0.5, 0.6) is 0 Å². The molecular formula is C5H10FNO2. The average molecular weight is 135 g/mol. The van der Waals surface area contributed by atoms with Gasteiger partial charge < -0.3 is 10.5 Å².